The van der Waals surface area contributed by atoms with Crippen molar-refractivity contribution < 1.29 is 14.3 Å². The molecule has 0 bridgehead atoms. The lowest BCUT2D eigenvalue weighted by Crippen LogP contribution is -2.19. The second kappa shape index (κ2) is 7.68. The first-order valence-electron chi connectivity index (χ1n) is 8.06. The van der Waals surface area contributed by atoms with Crippen LogP contribution in [0.1, 0.15) is 28.9 Å². The van der Waals surface area contributed by atoms with E-state index in [-0.39, 0.29) is 46.6 Å². The highest BCUT2D eigenvalue weighted by molar-refractivity contribution is 7.59. The Morgan fingerprint density at radius 2 is 2.07 bits per heavy atom. The predicted octanol–water partition coefficient (Wildman–Crippen LogP) is 2.52. The van der Waals surface area contributed by atoms with Gasteiger partial charge in [0.15, 0.2) is 5.52 Å². The minimum absolute atomic E-state index is 0. The van der Waals surface area contributed by atoms with Crippen molar-refractivity contribution in [3.63, 3.8) is 0 Å². The van der Waals surface area contributed by atoms with Gasteiger partial charge in [0.2, 0.25) is 5.95 Å². The highest BCUT2D eigenvalue weighted by Crippen LogP contribution is 2.27. The summed E-state index contributed by atoms with van der Waals surface area (Å²) in [6, 6.07) is 3.99. The number of H-pyrrole nitrogens is 1. The Morgan fingerprint density at radius 3 is 2.76 bits per heavy atom. The summed E-state index contributed by atoms with van der Waals surface area (Å²) in [5.74, 6) is -1.70. The van der Waals surface area contributed by atoms with Gasteiger partial charge in [-0.25, -0.2) is 18.9 Å². The Kier molecular flexibility index (Phi) is 5.44. The molecule has 3 aromatic heterocycles. The van der Waals surface area contributed by atoms with Gasteiger partial charge >= 0.3 is 5.97 Å². The number of benzene rings is 1. The molecule has 1 atom stereocenters. The number of nitrogens with one attached hydrogen (secondary N) is 1. The molecule has 0 saturated carbocycles. The molecule has 0 spiro atoms. The van der Waals surface area contributed by atoms with E-state index in [1.165, 1.54) is 23.1 Å². The van der Waals surface area contributed by atoms with Crippen molar-refractivity contribution in [2.75, 3.05) is 0 Å². The molecule has 0 saturated heterocycles. The van der Waals surface area contributed by atoms with Crippen LogP contribution in [0.15, 0.2) is 41.6 Å². The van der Waals surface area contributed by atoms with Gasteiger partial charge in [-0.15, -0.1) is 0 Å². The van der Waals surface area contributed by atoms with Gasteiger partial charge in [0.05, 0.1) is 29.0 Å². The maximum absolute atomic E-state index is 14.4. The number of hydrogen-bond acceptors (Lipinski definition) is 5. The van der Waals surface area contributed by atoms with Gasteiger partial charge in [-0.1, -0.05) is 23.7 Å². The Labute approximate surface area is 174 Å². The van der Waals surface area contributed by atoms with E-state index in [0.717, 1.165) is 10.9 Å². The van der Waals surface area contributed by atoms with Crippen LogP contribution in [0.25, 0.3) is 17.0 Å². The number of fused-ring (bicyclic) bond motifs is 1. The minimum atomic E-state index is -1.15. The van der Waals surface area contributed by atoms with Crippen LogP contribution in [0.5, 0.6) is 0 Å². The number of aromatic carboxylic acids is 1. The van der Waals surface area contributed by atoms with Crippen molar-refractivity contribution in [1.29, 1.82) is 0 Å². The number of nitrogens with zero attached hydrogens (tertiary/aromatic N) is 5. The van der Waals surface area contributed by atoms with Crippen LogP contribution in [0.3, 0.4) is 0 Å². The summed E-state index contributed by atoms with van der Waals surface area (Å²) >= 11 is 5.85. The first-order chi connectivity index (χ1) is 13.4. The zero-order valence-electron chi connectivity index (χ0n) is 14.8. The van der Waals surface area contributed by atoms with Crippen LogP contribution in [-0.2, 0) is 0 Å². The molecule has 0 amide bonds. The van der Waals surface area contributed by atoms with Crippen LogP contribution in [-0.4, -0.2) is 40.6 Å². The van der Waals surface area contributed by atoms with E-state index in [4.69, 9.17) is 16.7 Å². The average molecular weight is 437 g/mol. The molecule has 0 aliphatic heterocycles. The van der Waals surface area contributed by atoms with E-state index in [2.05, 4.69) is 20.2 Å². The number of aromatic nitrogens is 6. The lowest BCUT2D eigenvalue weighted by atomic mass is 10.1. The summed E-state index contributed by atoms with van der Waals surface area (Å²) in [6.07, 6.45) is 3.73. The van der Waals surface area contributed by atoms with Crippen LogP contribution in [0, 0.1) is 5.82 Å². The van der Waals surface area contributed by atoms with Gasteiger partial charge in [-0.3, -0.25) is 14.5 Å². The standard InChI is InChI=1S/C17H12ClFN6O3.H2S/c1-8(10-3-2-4-11(18)13(10)19)25-14-12(6-21-25)22-17(23-15(14)26)24-7-9(5-20-24)16(27)28;/h2-8H,1H3,(H,27,28)(H,22,23,26);1H2/t8-;/m0./s1. The maximum atomic E-state index is 14.4. The van der Waals surface area contributed by atoms with E-state index in [1.54, 1.807) is 19.1 Å². The lowest BCUT2D eigenvalue weighted by Gasteiger charge is -2.15. The monoisotopic (exact) mass is 436 g/mol. The molecule has 4 rings (SSSR count). The highest BCUT2D eigenvalue weighted by Gasteiger charge is 2.20. The molecule has 29 heavy (non-hydrogen) atoms. The molecule has 0 fully saturated rings. The zero-order chi connectivity index (χ0) is 20.0. The number of rotatable bonds is 4. The average Bonchev–Trinajstić information content (AvgIpc) is 3.30. The summed E-state index contributed by atoms with van der Waals surface area (Å²) in [6.45, 7) is 1.68. The Hall–Kier alpha value is -3.18. The number of carbonyl (C=O) groups is 1. The maximum Gasteiger partial charge on any atom is 0.338 e. The molecule has 0 radical (unpaired) electrons. The second-order valence-corrected chi connectivity index (χ2v) is 6.42. The molecule has 1 aromatic carbocycles. The zero-order valence-corrected chi connectivity index (χ0v) is 16.6. The quantitative estimate of drug-likeness (QED) is 0.507. The SMILES string of the molecule is C[C@@H](c1cccc(Cl)c1F)n1ncc2nc(-n3cc(C(=O)O)cn3)[nH]c(=O)c21.S. The summed E-state index contributed by atoms with van der Waals surface area (Å²) in [5.41, 5.74) is 0.0865. The summed E-state index contributed by atoms with van der Waals surface area (Å²) in [4.78, 5) is 30.4. The highest BCUT2D eigenvalue weighted by atomic mass is 35.5. The smallest absolute Gasteiger partial charge is 0.338 e. The first-order valence-corrected chi connectivity index (χ1v) is 8.44. The summed E-state index contributed by atoms with van der Waals surface area (Å²) in [5, 5.41) is 17.0. The van der Waals surface area contributed by atoms with E-state index >= 15 is 0 Å². The molecule has 0 unspecified atom stereocenters. The molecule has 150 valence electrons. The van der Waals surface area contributed by atoms with E-state index < -0.39 is 23.4 Å². The van der Waals surface area contributed by atoms with E-state index in [9.17, 15) is 14.0 Å². The molecular weight excluding hydrogens is 423 g/mol. The number of carboxylic acids is 1. The third-order valence-corrected chi connectivity index (χ3v) is 4.58. The number of halogens is 2. The fourth-order valence-corrected chi connectivity index (χ4v) is 3.07. The largest absolute Gasteiger partial charge is 0.478 e. The molecule has 2 N–H and O–H groups in total. The van der Waals surface area contributed by atoms with Crippen molar-refractivity contribution in [3.05, 3.63) is 69.1 Å². The molecular formula is C17H14ClFN6O3S. The number of hydrogen-bond donors (Lipinski definition) is 2. The van der Waals surface area contributed by atoms with Gasteiger partial charge < -0.3 is 5.11 Å². The molecule has 3 heterocycles. The molecule has 12 heteroatoms. The van der Waals surface area contributed by atoms with Crippen LogP contribution < -0.4 is 5.56 Å². The van der Waals surface area contributed by atoms with Gasteiger partial charge in [-0.2, -0.15) is 23.7 Å². The van der Waals surface area contributed by atoms with Gasteiger partial charge in [0, 0.05) is 11.8 Å². The Bertz CT molecular complexity index is 1280. The third-order valence-electron chi connectivity index (χ3n) is 4.29. The number of carboxylic acid groups (broad SMARTS) is 1. The summed E-state index contributed by atoms with van der Waals surface area (Å²) in [7, 11) is 0. The summed E-state index contributed by atoms with van der Waals surface area (Å²) < 4.78 is 16.9. The Balaban J connectivity index is 0.00000240. The van der Waals surface area contributed by atoms with Gasteiger partial charge in [0.25, 0.3) is 5.56 Å². The Morgan fingerprint density at radius 1 is 1.31 bits per heavy atom. The normalized spacial score (nSPS) is 12.0. The van der Waals surface area contributed by atoms with Crippen LogP contribution >= 0.6 is 25.1 Å². The first kappa shape index (κ1) is 20.6. The molecule has 4 aromatic rings. The van der Waals surface area contributed by atoms with Crippen molar-refractivity contribution in [2.24, 2.45) is 0 Å². The third kappa shape index (κ3) is 3.49. The lowest BCUT2D eigenvalue weighted by molar-refractivity contribution is 0.0697. The van der Waals surface area contributed by atoms with Crippen molar-refractivity contribution >= 4 is 42.1 Å². The minimum Gasteiger partial charge on any atom is -0.478 e. The van der Waals surface area contributed by atoms with Crippen molar-refractivity contribution in [2.45, 2.75) is 13.0 Å². The molecule has 0 aliphatic carbocycles. The van der Waals surface area contributed by atoms with Crippen molar-refractivity contribution in [3.8, 4) is 5.95 Å². The van der Waals surface area contributed by atoms with Gasteiger partial charge in [0.1, 0.15) is 11.3 Å². The molecule has 9 nitrogen and oxygen atoms in total. The number of aromatic amines is 1. The van der Waals surface area contributed by atoms with Crippen LogP contribution in [0.2, 0.25) is 5.02 Å². The molecule has 0 aliphatic rings. The fourth-order valence-electron chi connectivity index (χ4n) is 2.88. The van der Waals surface area contributed by atoms with Crippen molar-refractivity contribution in [1.82, 2.24) is 29.5 Å². The second-order valence-electron chi connectivity index (χ2n) is 6.01. The fraction of sp³-hybridized carbons (Fsp3) is 0.118. The van der Waals surface area contributed by atoms with Crippen LogP contribution in [0.4, 0.5) is 4.39 Å². The predicted molar refractivity (Wildman–Crippen MR) is 108 cm³/mol. The topological polar surface area (TPSA) is 119 Å². The van der Waals surface area contributed by atoms with Gasteiger partial charge in [-0.05, 0) is 13.0 Å². The van der Waals surface area contributed by atoms with E-state index in [1.807, 2.05) is 0 Å². The van der Waals surface area contributed by atoms with E-state index in [0.29, 0.717) is 0 Å².